The number of oxime groups is 1. The standard InChI is InChI=1S/C15H20N2O3/c1-11-6-4-5-7-13(11)14-8-12(20-16-14)9-17(2)15(18)10-19-3/h4-7,12H,8-10H2,1-3H3. The molecule has 0 bridgehead atoms. The molecule has 1 aliphatic heterocycles. The third-order valence-corrected chi connectivity index (χ3v) is 3.36. The first kappa shape index (κ1) is 14.5. The highest BCUT2D eigenvalue weighted by Crippen LogP contribution is 2.19. The van der Waals surface area contributed by atoms with Crippen molar-refractivity contribution in [3.05, 3.63) is 35.4 Å². The van der Waals surface area contributed by atoms with E-state index in [-0.39, 0.29) is 18.6 Å². The maximum absolute atomic E-state index is 11.6. The van der Waals surface area contributed by atoms with E-state index in [9.17, 15) is 4.79 Å². The van der Waals surface area contributed by atoms with Gasteiger partial charge in [-0.2, -0.15) is 0 Å². The van der Waals surface area contributed by atoms with E-state index in [0.29, 0.717) is 6.54 Å². The molecule has 1 heterocycles. The van der Waals surface area contributed by atoms with Crippen molar-refractivity contribution in [1.82, 2.24) is 4.90 Å². The Kier molecular flexibility index (Phi) is 4.74. The van der Waals surface area contributed by atoms with E-state index >= 15 is 0 Å². The molecule has 20 heavy (non-hydrogen) atoms. The molecule has 1 aliphatic rings. The third-order valence-electron chi connectivity index (χ3n) is 3.36. The van der Waals surface area contributed by atoms with Gasteiger partial charge >= 0.3 is 0 Å². The number of hydrogen-bond donors (Lipinski definition) is 0. The number of rotatable bonds is 5. The highest BCUT2D eigenvalue weighted by atomic mass is 16.6. The van der Waals surface area contributed by atoms with Crippen molar-refractivity contribution in [1.29, 1.82) is 0 Å². The summed E-state index contributed by atoms with van der Waals surface area (Å²) in [7, 11) is 3.26. The maximum atomic E-state index is 11.6. The smallest absolute Gasteiger partial charge is 0.248 e. The predicted octanol–water partition coefficient (Wildman–Crippen LogP) is 1.59. The molecule has 1 aromatic rings. The molecule has 0 N–H and O–H groups in total. The molecule has 0 aliphatic carbocycles. The molecule has 5 heteroatoms. The van der Waals surface area contributed by atoms with E-state index in [2.05, 4.69) is 18.1 Å². The van der Waals surface area contributed by atoms with Crippen LogP contribution in [0.15, 0.2) is 29.4 Å². The zero-order valence-corrected chi connectivity index (χ0v) is 12.1. The topological polar surface area (TPSA) is 51.1 Å². The van der Waals surface area contributed by atoms with Gasteiger partial charge in [-0.3, -0.25) is 4.79 Å². The van der Waals surface area contributed by atoms with E-state index in [1.54, 1.807) is 11.9 Å². The number of aryl methyl sites for hydroxylation is 1. The molecule has 5 nitrogen and oxygen atoms in total. The first-order valence-electron chi connectivity index (χ1n) is 6.63. The van der Waals surface area contributed by atoms with Gasteiger partial charge in [0.1, 0.15) is 6.61 Å². The summed E-state index contributed by atoms with van der Waals surface area (Å²) in [4.78, 5) is 18.7. The summed E-state index contributed by atoms with van der Waals surface area (Å²) < 4.78 is 4.83. The van der Waals surface area contributed by atoms with Gasteiger partial charge in [0.2, 0.25) is 5.91 Å². The van der Waals surface area contributed by atoms with Crippen LogP contribution in [0.2, 0.25) is 0 Å². The fourth-order valence-electron chi connectivity index (χ4n) is 2.22. The van der Waals surface area contributed by atoms with Crippen LogP contribution in [-0.2, 0) is 14.4 Å². The summed E-state index contributed by atoms with van der Waals surface area (Å²) in [5.41, 5.74) is 3.24. The van der Waals surface area contributed by atoms with E-state index in [1.165, 1.54) is 12.7 Å². The number of nitrogens with zero attached hydrogens (tertiary/aromatic N) is 2. The lowest BCUT2D eigenvalue weighted by Crippen LogP contribution is -2.36. The monoisotopic (exact) mass is 276 g/mol. The zero-order valence-electron chi connectivity index (χ0n) is 12.1. The molecular weight excluding hydrogens is 256 g/mol. The normalized spacial score (nSPS) is 17.6. The quantitative estimate of drug-likeness (QED) is 0.820. The summed E-state index contributed by atoms with van der Waals surface area (Å²) in [6.45, 7) is 2.66. The minimum atomic E-state index is -0.0876. The molecule has 0 saturated heterocycles. The van der Waals surface area contributed by atoms with Gasteiger partial charge in [-0.05, 0) is 12.5 Å². The molecule has 0 fully saturated rings. The Morgan fingerprint density at radius 1 is 1.50 bits per heavy atom. The molecule has 0 saturated carbocycles. The summed E-state index contributed by atoms with van der Waals surface area (Å²) in [6, 6.07) is 8.09. The molecule has 108 valence electrons. The van der Waals surface area contributed by atoms with Crippen molar-refractivity contribution < 1.29 is 14.4 Å². The maximum Gasteiger partial charge on any atom is 0.248 e. The Morgan fingerprint density at radius 3 is 2.95 bits per heavy atom. The Labute approximate surface area is 119 Å². The molecule has 2 rings (SSSR count). The molecule has 0 aromatic heterocycles. The SMILES string of the molecule is COCC(=O)N(C)CC1CC(c2ccccc2C)=NO1. The predicted molar refractivity (Wildman–Crippen MR) is 76.7 cm³/mol. The van der Waals surface area contributed by atoms with E-state index in [4.69, 9.17) is 9.57 Å². The van der Waals surface area contributed by atoms with E-state index in [0.717, 1.165) is 17.7 Å². The van der Waals surface area contributed by atoms with Gasteiger partial charge in [0.05, 0.1) is 12.3 Å². The fourth-order valence-corrected chi connectivity index (χ4v) is 2.22. The van der Waals surface area contributed by atoms with Crippen LogP contribution in [0.4, 0.5) is 0 Å². The number of likely N-dealkylation sites (N-methyl/N-ethyl adjacent to an activating group) is 1. The second-order valence-corrected chi connectivity index (χ2v) is 4.99. The Bertz CT molecular complexity index is 514. The van der Waals surface area contributed by atoms with Gasteiger partial charge in [-0.15, -0.1) is 0 Å². The van der Waals surface area contributed by atoms with Crippen LogP contribution in [0.5, 0.6) is 0 Å². The van der Waals surface area contributed by atoms with Gasteiger partial charge in [-0.25, -0.2) is 0 Å². The lowest BCUT2D eigenvalue weighted by Gasteiger charge is -2.19. The zero-order chi connectivity index (χ0) is 14.5. The van der Waals surface area contributed by atoms with Crippen LogP contribution in [0.25, 0.3) is 0 Å². The van der Waals surface area contributed by atoms with Crippen LogP contribution in [0.3, 0.4) is 0 Å². The molecule has 0 spiro atoms. The second kappa shape index (κ2) is 6.52. The lowest BCUT2D eigenvalue weighted by atomic mass is 10.0. The van der Waals surface area contributed by atoms with Crippen molar-refractivity contribution in [2.75, 3.05) is 27.3 Å². The largest absolute Gasteiger partial charge is 0.390 e. The van der Waals surface area contributed by atoms with Crippen LogP contribution in [0.1, 0.15) is 17.5 Å². The van der Waals surface area contributed by atoms with Crippen molar-refractivity contribution >= 4 is 11.6 Å². The van der Waals surface area contributed by atoms with Crippen molar-refractivity contribution in [2.24, 2.45) is 5.16 Å². The second-order valence-electron chi connectivity index (χ2n) is 4.99. The Balaban J connectivity index is 1.92. The minimum absolute atomic E-state index is 0.0551. The van der Waals surface area contributed by atoms with Crippen molar-refractivity contribution in [3.8, 4) is 0 Å². The van der Waals surface area contributed by atoms with Gasteiger partial charge in [0.15, 0.2) is 6.10 Å². The number of amides is 1. The van der Waals surface area contributed by atoms with Crippen LogP contribution in [0, 0.1) is 6.92 Å². The summed E-state index contributed by atoms with van der Waals surface area (Å²) in [5.74, 6) is -0.0551. The first-order chi connectivity index (χ1) is 9.61. The number of hydrogen-bond acceptors (Lipinski definition) is 4. The number of carbonyl (C=O) groups is 1. The van der Waals surface area contributed by atoms with Gasteiger partial charge in [0.25, 0.3) is 0 Å². The molecule has 0 radical (unpaired) electrons. The number of carbonyl (C=O) groups excluding carboxylic acids is 1. The highest BCUT2D eigenvalue weighted by molar-refractivity contribution is 6.02. The van der Waals surface area contributed by atoms with Crippen LogP contribution in [-0.4, -0.2) is 49.9 Å². The Morgan fingerprint density at radius 2 is 2.25 bits per heavy atom. The number of ether oxygens (including phenoxy) is 1. The van der Waals surface area contributed by atoms with Crippen molar-refractivity contribution in [3.63, 3.8) is 0 Å². The molecule has 1 aromatic carbocycles. The molecular formula is C15H20N2O3. The molecule has 1 unspecified atom stereocenters. The average Bonchev–Trinajstić information content (AvgIpc) is 2.87. The third kappa shape index (κ3) is 3.36. The fraction of sp³-hybridized carbons (Fsp3) is 0.467. The van der Waals surface area contributed by atoms with Gasteiger partial charge < -0.3 is 14.5 Å². The molecule has 1 amide bonds. The summed E-state index contributed by atoms with van der Waals surface area (Å²) in [5, 5.41) is 4.15. The van der Waals surface area contributed by atoms with Crippen LogP contribution >= 0.6 is 0 Å². The first-order valence-corrected chi connectivity index (χ1v) is 6.63. The van der Waals surface area contributed by atoms with Gasteiger partial charge in [-0.1, -0.05) is 29.4 Å². The minimum Gasteiger partial charge on any atom is -0.390 e. The van der Waals surface area contributed by atoms with E-state index in [1.807, 2.05) is 18.2 Å². The Hall–Kier alpha value is -1.88. The lowest BCUT2D eigenvalue weighted by molar-refractivity contribution is -0.135. The average molecular weight is 276 g/mol. The van der Waals surface area contributed by atoms with Gasteiger partial charge in [0, 0.05) is 26.1 Å². The van der Waals surface area contributed by atoms with E-state index < -0.39 is 0 Å². The summed E-state index contributed by atoms with van der Waals surface area (Å²) in [6.07, 6.45) is 0.630. The summed E-state index contributed by atoms with van der Waals surface area (Å²) >= 11 is 0. The highest BCUT2D eigenvalue weighted by Gasteiger charge is 2.25. The number of methoxy groups -OCH3 is 1. The molecule has 1 atom stereocenters. The van der Waals surface area contributed by atoms with Crippen LogP contribution < -0.4 is 0 Å². The van der Waals surface area contributed by atoms with Crippen molar-refractivity contribution in [2.45, 2.75) is 19.4 Å². The number of benzene rings is 1.